The fourth-order valence-electron chi connectivity index (χ4n) is 1.49. The van der Waals surface area contributed by atoms with Crippen molar-refractivity contribution in [2.75, 3.05) is 19.0 Å². The van der Waals surface area contributed by atoms with E-state index in [0.717, 1.165) is 5.69 Å². The second-order valence-corrected chi connectivity index (χ2v) is 4.73. The van der Waals surface area contributed by atoms with Crippen LogP contribution in [0.4, 0.5) is 5.69 Å². The lowest BCUT2D eigenvalue weighted by atomic mass is 10.3. The van der Waals surface area contributed by atoms with Gasteiger partial charge in [-0.25, -0.2) is 0 Å². The lowest BCUT2D eigenvalue weighted by molar-refractivity contribution is 1.13. The zero-order valence-electron chi connectivity index (χ0n) is 13.4. The summed E-state index contributed by atoms with van der Waals surface area (Å²) >= 11 is 0. The highest BCUT2D eigenvalue weighted by atomic mass is 15.1. The first-order valence-electron chi connectivity index (χ1n) is 7.15. The first kappa shape index (κ1) is 17.4. The molecule has 0 fully saturated rings. The van der Waals surface area contributed by atoms with Crippen LogP contribution in [0.3, 0.4) is 0 Å². The molecule has 2 aromatic heterocycles. The number of aryl methyl sites for hydroxylation is 1. The molecule has 0 unspecified atom stereocenters. The Bertz CT molecular complexity index is 554. The molecule has 3 aromatic rings. The van der Waals surface area contributed by atoms with Crippen LogP contribution in [-0.4, -0.2) is 24.1 Å². The third kappa shape index (κ3) is 8.48. The van der Waals surface area contributed by atoms with E-state index in [9.17, 15) is 0 Å². The van der Waals surface area contributed by atoms with Gasteiger partial charge in [-0.1, -0.05) is 30.3 Å². The molecule has 0 aliphatic heterocycles. The average Bonchev–Trinajstić information content (AvgIpc) is 2.59. The van der Waals surface area contributed by atoms with Gasteiger partial charge in [0.1, 0.15) is 0 Å². The van der Waals surface area contributed by atoms with Gasteiger partial charge in [-0.3, -0.25) is 9.97 Å². The number of rotatable bonds is 1. The Labute approximate surface area is 133 Å². The van der Waals surface area contributed by atoms with Crippen LogP contribution in [0.25, 0.3) is 0 Å². The maximum Gasteiger partial charge on any atom is 0.0372 e. The summed E-state index contributed by atoms with van der Waals surface area (Å²) in [6.07, 6.45) is 5.29. The minimum Gasteiger partial charge on any atom is -0.378 e. The molecule has 0 bridgehead atoms. The zero-order chi connectivity index (χ0) is 16.0. The number of anilines is 1. The second-order valence-electron chi connectivity index (χ2n) is 4.73. The zero-order valence-corrected chi connectivity index (χ0v) is 13.4. The van der Waals surface area contributed by atoms with E-state index in [4.69, 9.17) is 0 Å². The van der Waals surface area contributed by atoms with Gasteiger partial charge in [-0.15, -0.1) is 0 Å². The van der Waals surface area contributed by atoms with Crippen LogP contribution in [-0.2, 0) is 0 Å². The summed E-state index contributed by atoms with van der Waals surface area (Å²) in [5.74, 6) is 0. The molecule has 1 aromatic carbocycles. The summed E-state index contributed by atoms with van der Waals surface area (Å²) < 4.78 is 0. The van der Waals surface area contributed by atoms with Gasteiger partial charge in [-0.05, 0) is 43.3 Å². The molecule has 0 aliphatic rings. The van der Waals surface area contributed by atoms with Gasteiger partial charge in [0.05, 0.1) is 0 Å². The van der Waals surface area contributed by atoms with E-state index >= 15 is 0 Å². The largest absolute Gasteiger partial charge is 0.378 e. The molecule has 114 valence electrons. The van der Waals surface area contributed by atoms with Crippen molar-refractivity contribution in [1.29, 1.82) is 0 Å². The Morgan fingerprint density at radius 3 is 1.50 bits per heavy atom. The molecule has 3 heteroatoms. The van der Waals surface area contributed by atoms with E-state index in [0.29, 0.717) is 0 Å². The van der Waals surface area contributed by atoms with Crippen molar-refractivity contribution in [2.24, 2.45) is 0 Å². The van der Waals surface area contributed by atoms with Gasteiger partial charge in [0.25, 0.3) is 0 Å². The maximum absolute atomic E-state index is 3.98. The monoisotopic (exact) mass is 293 g/mol. The highest BCUT2D eigenvalue weighted by molar-refractivity contribution is 5.43. The van der Waals surface area contributed by atoms with Gasteiger partial charge in [0.15, 0.2) is 0 Å². The quantitative estimate of drug-likeness (QED) is 0.672. The maximum atomic E-state index is 3.98. The molecule has 22 heavy (non-hydrogen) atoms. The lowest BCUT2D eigenvalue weighted by Crippen LogP contribution is -2.07. The third-order valence-corrected chi connectivity index (χ3v) is 2.65. The number of nitrogens with zero attached hydrogens (tertiary/aromatic N) is 3. The fraction of sp³-hybridized carbons (Fsp3) is 0.158. The van der Waals surface area contributed by atoms with Gasteiger partial charge in [0, 0.05) is 44.1 Å². The van der Waals surface area contributed by atoms with Crippen LogP contribution in [0.15, 0.2) is 85.3 Å². The summed E-state index contributed by atoms with van der Waals surface area (Å²) in [5.41, 5.74) is 2.32. The number of para-hydroxylation sites is 1. The molecule has 3 rings (SSSR count). The van der Waals surface area contributed by atoms with Crippen LogP contribution in [0.5, 0.6) is 0 Å². The van der Waals surface area contributed by atoms with Crippen molar-refractivity contribution in [3.63, 3.8) is 0 Å². The van der Waals surface area contributed by atoms with Crippen molar-refractivity contribution >= 4 is 5.69 Å². The summed E-state index contributed by atoms with van der Waals surface area (Å²) in [7, 11) is 4.07. The van der Waals surface area contributed by atoms with Crippen LogP contribution in [0.1, 0.15) is 5.69 Å². The van der Waals surface area contributed by atoms with Crippen molar-refractivity contribution in [3.05, 3.63) is 91.0 Å². The smallest absolute Gasteiger partial charge is 0.0372 e. The summed E-state index contributed by atoms with van der Waals surface area (Å²) in [5, 5.41) is 0. The molecule has 0 spiro atoms. The van der Waals surface area contributed by atoms with Crippen LogP contribution in [0.2, 0.25) is 0 Å². The van der Waals surface area contributed by atoms with Crippen LogP contribution >= 0.6 is 0 Å². The number of benzene rings is 1. The van der Waals surface area contributed by atoms with E-state index in [1.54, 1.807) is 18.6 Å². The van der Waals surface area contributed by atoms with Gasteiger partial charge < -0.3 is 4.90 Å². The lowest BCUT2D eigenvalue weighted by Gasteiger charge is -2.10. The van der Waals surface area contributed by atoms with Gasteiger partial charge >= 0.3 is 0 Å². The molecule has 2 heterocycles. The molecule has 0 saturated carbocycles. The normalized spacial score (nSPS) is 8.68. The first-order chi connectivity index (χ1) is 10.7. The summed E-state index contributed by atoms with van der Waals surface area (Å²) in [6, 6.07) is 21.8. The molecular formula is C19H23N3. The molecule has 0 saturated heterocycles. The van der Waals surface area contributed by atoms with E-state index in [1.165, 1.54) is 5.69 Å². The third-order valence-electron chi connectivity index (χ3n) is 2.65. The highest BCUT2D eigenvalue weighted by Crippen LogP contribution is 2.07. The second kappa shape index (κ2) is 11.0. The number of hydrogen-bond acceptors (Lipinski definition) is 3. The van der Waals surface area contributed by atoms with E-state index in [-0.39, 0.29) is 0 Å². The van der Waals surface area contributed by atoms with E-state index < -0.39 is 0 Å². The SMILES string of the molecule is CN(C)c1ccccc1.Cc1ccccn1.c1ccncc1. The molecule has 0 radical (unpaired) electrons. The topological polar surface area (TPSA) is 29.0 Å². The van der Waals surface area contributed by atoms with Crippen molar-refractivity contribution in [2.45, 2.75) is 6.92 Å². The van der Waals surface area contributed by atoms with Crippen LogP contribution < -0.4 is 4.90 Å². The summed E-state index contributed by atoms with van der Waals surface area (Å²) in [4.78, 5) is 9.85. The molecule has 0 aliphatic carbocycles. The highest BCUT2D eigenvalue weighted by Gasteiger charge is 1.87. The van der Waals surface area contributed by atoms with Crippen molar-refractivity contribution < 1.29 is 0 Å². The standard InChI is InChI=1S/C8H11N.C6H7N.C5H5N/c1-9(2)8-6-4-3-5-7-8;1-6-4-2-3-5-7-6;1-2-4-6-5-3-1/h3-7H,1-2H3;2-5H,1H3;1-5H. The molecule has 0 N–H and O–H groups in total. The number of aromatic nitrogens is 2. The number of pyridine rings is 2. The van der Waals surface area contributed by atoms with Crippen molar-refractivity contribution in [1.82, 2.24) is 9.97 Å². The van der Waals surface area contributed by atoms with E-state index in [1.807, 2.05) is 75.6 Å². The minimum absolute atomic E-state index is 1.07. The van der Waals surface area contributed by atoms with Gasteiger partial charge in [0.2, 0.25) is 0 Å². The molecule has 0 atom stereocenters. The van der Waals surface area contributed by atoms with Gasteiger partial charge in [-0.2, -0.15) is 0 Å². The minimum atomic E-state index is 1.07. The Balaban J connectivity index is 0.000000169. The predicted octanol–water partition coefficient (Wildman–Crippen LogP) is 4.22. The molecular weight excluding hydrogens is 270 g/mol. The predicted molar refractivity (Wildman–Crippen MR) is 94.0 cm³/mol. The number of hydrogen-bond donors (Lipinski definition) is 0. The average molecular weight is 293 g/mol. The first-order valence-corrected chi connectivity index (χ1v) is 7.15. The van der Waals surface area contributed by atoms with Crippen LogP contribution in [0, 0.1) is 6.92 Å². The Hall–Kier alpha value is -2.68. The Morgan fingerprint density at radius 1 is 0.682 bits per heavy atom. The summed E-state index contributed by atoms with van der Waals surface area (Å²) in [6.45, 7) is 1.97. The fourth-order valence-corrected chi connectivity index (χ4v) is 1.49. The van der Waals surface area contributed by atoms with E-state index in [2.05, 4.69) is 27.0 Å². The Kier molecular flexibility index (Phi) is 8.71. The molecule has 0 amide bonds. The van der Waals surface area contributed by atoms with Crippen molar-refractivity contribution in [3.8, 4) is 0 Å². The molecule has 3 nitrogen and oxygen atoms in total. The Morgan fingerprint density at radius 2 is 1.23 bits per heavy atom.